The smallest absolute Gasteiger partial charge is 0.0431 e. The molecule has 1 saturated heterocycles. The Bertz CT molecular complexity index is 99.5. The van der Waals surface area contributed by atoms with Crippen LogP contribution in [0.4, 0.5) is 0 Å². The van der Waals surface area contributed by atoms with Crippen LogP contribution in [0.25, 0.3) is 0 Å². The summed E-state index contributed by atoms with van der Waals surface area (Å²) in [4.78, 5) is 0. The van der Waals surface area contributed by atoms with Crippen LogP contribution in [0.1, 0.15) is 25.7 Å². The van der Waals surface area contributed by atoms with Crippen molar-refractivity contribution in [1.29, 1.82) is 0 Å². The average molecular weight is 175 g/mol. The molecule has 1 atom stereocenters. The Morgan fingerprint density at radius 3 is 2.55 bits per heavy atom. The Morgan fingerprint density at radius 2 is 2.00 bits per heavy atom. The minimum Gasteiger partial charge on any atom is -0.396 e. The van der Waals surface area contributed by atoms with Gasteiger partial charge in [-0.2, -0.15) is 0 Å². The molecule has 1 N–H and O–H groups in total. The van der Waals surface area contributed by atoms with Gasteiger partial charge in [0.05, 0.1) is 0 Å². The number of aliphatic hydroxyl groups is 1. The van der Waals surface area contributed by atoms with Crippen molar-refractivity contribution in [3.05, 3.63) is 0 Å². The van der Waals surface area contributed by atoms with Crippen molar-refractivity contribution in [3.8, 4) is 0 Å². The lowest BCUT2D eigenvalue weighted by molar-refractivity contribution is 0.236. The first-order chi connectivity index (χ1) is 5.33. The highest BCUT2D eigenvalue weighted by Gasteiger charge is 2.15. The fourth-order valence-corrected chi connectivity index (χ4v) is 1.92. The zero-order valence-electron chi connectivity index (χ0n) is 7.00. The van der Waals surface area contributed by atoms with Gasteiger partial charge in [0.25, 0.3) is 0 Å². The van der Waals surface area contributed by atoms with Crippen molar-refractivity contribution in [1.82, 2.24) is 4.67 Å². The molecule has 0 aromatic carbocycles. The van der Waals surface area contributed by atoms with Crippen LogP contribution in [0.3, 0.4) is 0 Å². The Labute approximate surface area is 71.2 Å². The molecule has 1 aliphatic heterocycles. The highest BCUT2D eigenvalue weighted by Crippen LogP contribution is 2.22. The largest absolute Gasteiger partial charge is 0.396 e. The molecular formula is C8H18NOP. The SMILES string of the molecule is OCCCC1CCN(P)CC1. The maximum absolute atomic E-state index is 8.63. The number of hydrogen-bond acceptors (Lipinski definition) is 2. The first kappa shape index (κ1) is 9.44. The lowest BCUT2D eigenvalue weighted by Gasteiger charge is -2.28. The van der Waals surface area contributed by atoms with Crippen molar-refractivity contribution in [2.24, 2.45) is 5.92 Å². The summed E-state index contributed by atoms with van der Waals surface area (Å²) < 4.78 is 2.30. The van der Waals surface area contributed by atoms with E-state index in [1.165, 1.54) is 32.4 Å². The van der Waals surface area contributed by atoms with E-state index in [4.69, 9.17) is 5.11 Å². The van der Waals surface area contributed by atoms with Crippen molar-refractivity contribution in [3.63, 3.8) is 0 Å². The van der Waals surface area contributed by atoms with Crippen LogP contribution in [-0.2, 0) is 0 Å². The fraction of sp³-hybridized carbons (Fsp3) is 1.00. The van der Waals surface area contributed by atoms with E-state index in [0.29, 0.717) is 6.61 Å². The van der Waals surface area contributed by atoms with Gasteiger partial charge in [-0.05, 0) is 31.6 Å². The Kier molecular flexibility index (Phi) is 4.36. The first-order valence-electron chi connectivity index (χ1n) is 4.43. The molecule has 0 aliphatic carbocycles. The van der Waals surface area contributed by atoms with E-state index in [9.17, 15) is 0 Å². The molecule has 0 aromatic heterocycles. The topological polar surface area (TPSA) is 23.5 Å². The first-order valence-corrected chi connectivity index (χ1v) is 4.95. The summed E-state index contributed by atoms with van der Waals surface area (Å²) >= 11 is 0. The van der Waals surface area contributed by atoms with Gasteiger partial charge in [-0.25, -0.2) is 0 Å². The Morgan fingerprint density at radius 1 is 1.36 bits per heavy atom. The molecule has 1 heterocycles. The lowest BCUT2D eigenvalue weighted by Crippen LogP contribution is -2.25. The van der Waals surface area contributed by atoms with E-state index in [-0.39, 0.29) is 0 Å². The van der Waals surface area contributed by atoms with Crippen LogP contribution in [0.5, 0.6) is 0 Å². The van der Waals surface area contributed by atoms with E-state index in [1.807, 2.05) is 0 Å². The number of aliphatic hydroxyl groups excluding tert-OH is 1. The van der Waals surface area contributed by atoms with E-state index < -0.39 is 0 Å². The molecule has 1 fully saturated rings. The van der Waals surface area contributed by atoms with E-state index in [1.54, 1.807) is 0 Å². The maximum Gasteiger partial charge on any atom is 0.0431 e. The molecule has 66 valence electrons. The van der Waals surface area contributed by atoms with Crippen LogP contribution in [0, 0.1) is 5.92 Å². The predicted octanol–water partition coefficient (Wildman–Crippen LogP) is 1.26. The normalized spacial score (nSPS) is 22.4. The molecule has 1 rings (SSSR count). The highest BCUT2D eigenvalue weighted by atomic mass is 31.0. The van der Waals surface area contributed by atoms with E-state index >= 15 is 0 Å². The number of rotatable bonds is 3. The van der Waals surface area contributed by atoms with E-state index in [0.717, 1.165) is 12.3 Å². The molecule has 0 saturated carbocycles. The molecule has 0 radical (unpaired) electrons. The van der Waals surface area contributed by atoms with Gasteiger partial charge < -0.3 is 5.11 Å². The van der Waals surface area contributed by atoms with Gasteiger partial charge in [-0.1, -0.05) is 9.39 Å². The number of nitrogens with zero attached hydrogens (tertiary/aromatic N) is 1. The van der Waals surface area contributed by atoms with Gasteiger partial charge in [-0.3, -0.25) is 4.67 Å². The second kappa shape index (κ2) is 5.08. The molecule has 2 nitrogen and oxygen atoms in total. The molecule has 0 aromatic rings. The molecule has 1 unspecified atom stereocenters. The van der Waals surface area contributed by atoms with Gasteiger partial charge >= 0.3 is 0 Å². The molecule has 0 spiro atoms. The maximum atomic E-state index is 8.63. The molecule has 1 aliphatic rings. The van der Waals surface area contributed by atoms with Crippen LogP contribution in [-0.4, -0.2) is 29.5 Å². The summed E-state index contributed by atoms with van der Waals surface area (Å²) in [6, 6.07) is 0. The fourth-order valence-electron chi connectivity index (χ4n) is 1.62. The van der Waals surface area contributed by atoms with Crippen LogP contribution < -0.4 is 0 Å². The van der Waals surface area contributed by atoms with Crippen LogP contribution in [0.2, 0.25) is 0 Å². The summed E-state index contributed by atoms with van der Waals surface area (Å²) in [5.41, 5.74) is 0. The summed E-state index contributed by atoms with van der Waals surface area (Å²) in [5, 5.41) is 8.63. The minimum absolute atomic E-state index is 0.362. The second-order valence-electron chi connectivity index (χ2n) is 3.35. The van der Waals surface area contributed by atoms with Gasteiger partial charge in [0.1, 0.15) is 0 Å². The average Bonchev–Trinajstić information content (AvgIpc) is 2.04. The predicted molar refractivity (Wildman–Crippen MR) is 50.3 cm³/mol. The third-order valence-corrected chi connectivity index (χ3v) is 2.94. The molecular weight excluding hydrogens is 157 g/mol. The van der Waals surface area contributed by atoms with Crippen molar-refractivity contribution < 1.29 is 5.11 Å². The Balaban J connectivity index is 2.07. The zero-order chi connectivity index (χ0) is 8.10. The minimum atomic E-state index is 0.362. The van der Waals surface area contributed by atoms with Crippen molar-refractivity contribution >= 4 is 9.39 Å². The number of piperidine rings is 1. The number of hydrogen-bond donors (Lipinski definition) is 1. The Hall–Kier alpha value is 0.350. The van der Waals surface area contributed by atoms with Gasteiger partial charge in [-0.15, -0.1) is 0 Å². The van der Waals surface area contributed by atoms with Gasteiger partial charge in [0, 0.05) is 19.7 Å². The van der Waals surface area contributed by atoms with Crippen LogP contribution in [0.15, 0.2) is 0 Å². The molecule has 0 bridgehead atoms. The van der Waals surface area contributed by atoms with Gasteiger partial charge in [0.15, 0.2) is 0 Å². The van der Waals surface area contributed by atoms with Crippen molar-refractivity contribution in [2.75, 3.05) is 19.7 Å². The summed E-state index contributed by atoms with van der Waals surface area (Å²) in [5.74, 6) is 0.874. The molecule has 11 heavy (non-hydrogen) atoms. The monoisotopic (exact) mass is 175 g/mol. The lowest BCUT2D eigenvalue weighted by atomic mass is 9.93. The van der Waals surface area contributed by atoms with E-state index in [2.05, 4.69) is 14.1 Å². The summed E-state index contributed by atoms with van der Waals surface area (Å²) in [7, 11) is 2.75. The molecule has 3 heteroatoms. The van der Waals surface area contributed by atoms with Crippen molar-refractivity contribution in [2.45, 2.75) is 25.7 Å². The third kappa shape index (κ3) is 3.50. The highest BCUT2D eigenvalue weighted by molar-refractivity contribution is 7.13. The molecule has 0 amide bonds. The third-order valence-electron chi connectivity index (χ3n) is 2.42. The standard InChI is InChI=1S/C8H18NOP/c10-7-1-2-8-3-5-9(11)6-4-8/h8,10H,1-7,11H2. The van der Waals surface area contributed by atoms with Crippen LogP contribution >= 0.6 is 9.39 Å². The van der Waals surface area contributed by atoms with Gasteiger partial charge in [0.2, 0.25) is 0 Å². The zero-order valence-corrected chi connectivity index (χ0v) is 8.15. The quantitative estimate of drug-likeness (QED) is 0.653. The second-order valence-corrected chi connectivity index (χ2v) is 4.08. The summed E-state index contributed by atoms with van der Waals surface area (Å²) in [6.45, 7) is 2.78. The summed E-state index contributed by atoms with van der Waals surface area (Å²) in [6.07, 6.45) is 4.82.